The predicted octanol–water partition coefficient (Wildman–Crippen LogP) is 4.55. The summed E-state index contributed by atoms with van der Waals surface area (Å²) < 4.78 is 0. The molecule has 1 aromatic carbocycles. The molecule has 1 heterocycles. The predicted molar refractivity (Wildman–Crippen MR) is 73.1 cm³/mol. The normalized spacial score (nSPS) is 26.8. The zero-order chi connectivity index (χ0) is 11.7. The van der Waals surface area contributed by atoms with E-state index in [0.29, 0.717) is 0 Å². The molecular formula is C16H19N. The smallest absolute Gasteiger partial charge is 0.0671 e. The maximum atomic E-state index is 4.88. The maximum Gasteiger partial charge on any atom is 0.0671 e. The molecule has 0 bridgehead atoms. The van der Waals surface area contributed by atoms with Crippen molar-refractivity contribution in [2.24, 2.45) is 4.99 Å². The van der Waals surface area contributed by atoms with Crippen molar-refractivity contribution >= 4 is 11.4 Å². The van der Waals surface area contributed by atoms with Crippen LogP contribution >= 0.6 is 0 Å². The summed E-state index contributed by atoms with van der Waals surface area (Å²) in [5.74, 6) is 0. The second-order valence-electron chi connectivity index (χ2n) is 5.14. The van der Waals surface area contributed by atoms with Gasteiger partial charge in [0.05, 0.1) is 5.69 Å². The standard InChI is InChI=1S/C16H19N/c1-2-3-11-16-12-7-6-10-15(16)17-14-9-5-4-8-13(14)16/h2-5,8-9H,6-7,10-12H2,1H3/b3-2+. The first kappa shape index (κ1) is 10.8. The highest BCUT2D eigenvalue weighted by Crippen LogP contribution is 2.49. The first-order valence-electron chi connectivity index (χ1n) is 6.65. The van der Waals surface area contributed by atoms with E-state index in [1.54, 1.807) is 0 Å². The monoisotopic (exact) mass is 225 g/mol. The Morgan fingerprint density at radius 2 is 2.18 bits per heavy atom. The quantitative estimate of drug-likeness (QED) is 0.655. The summed E-state index contributed by atoms with van der Waals surface area (Å²) in [7, 11) is 0. The Kier molecular flexibility index (Phi) is 2.62. The maximum absolute atomic E-state index is 4.88. The number of allylic oxidation sites excluding steroid dienone is 2. The molecule has 1 aromatic rings. The van der Waals surface area contributed by atoms with Crippen molar-refractivity contribution in [2.75, 3.05) is 0 Å². The van der Waals surface area contributed by atoms with Gasteiger partial charge in [0.15, 0.2) is 0 Å². The van der Waals surface area contributed by atoms with Gasteiger partial charge in [0.1, 0.15) is 0 Å². The van der Waals surface area contributed by atoms with Crippen LogP contribution in [0.5, 0.6) is 0 Å². The third kappa shape index (κ3) is 1.56. The lowest BCUT2D eigenvalue weighted by Gasteiger charge is -2.35. The fraction of sp³-hybridized carbons (Fsp3) is 0.438. The number of para-hydroxylation sites is 1. The van der Waals surface area contributed by atoms with Crippen LogP contribution in [0.25, 0.3) is 0 Å². The molecule has 1 aliphatic heterocycles. The van der Waals surface area contributed by atoms with E-state index in [1.165, 1.54) is 42.6 Å². The summed E-state index contributed by atoms with van der Waals surface area (Å²) in [6, 6.07) is 8.70. The summed E-state index contributed by atoms with van der Waals surface area (Å²) in [6.07, 6.45) is 10.7. The Morgan fingerprint density at radius 3 is 3.06 bits per heavy atom. The van der Waals surface area contributed by atoms with E-state index in [9.17, 15) is 0 Å². The molecular weight excluding hydrogens is 206 g/mol. The SMILES string of the molecule is C/C=C/CC12CCCCC1=Nc1ccccc12. The van der Waals surface area contributed by atoms with Crippen LogP contribution in [0, 0.1) is 0 Å². The highest BCUT2D eigenvalue weighted by Gasteiger charge is 2.43. The topological polar surface area (TPSA) is 12.4 Å². The summed E-state index contributed by atoms with van der Waals surface area (Å²) in [4.78, 5) is 4.88. The molecule has 0 aromatic heterocycles. The Labute approximate surface area is 103 Å². The van der Waals surface area contributed by atoms with Gasteiger partial charge in [0, 0.05) is 11.1 Å². The molecule has 0 spiro atoms. The lowest BCUT2D eigenvalue weighted by molar-refractivity contribution is 0.466. The Hall–Kier alpha value is -1.37. The summed E-state index contributed by atoms with van der Waals surface area (Å²) in [5, 5.41) is 0. The summed E-state index contributed by atoms with van der Waals surface area (Å²) in [6.45, 7) is 2.11. The van der Waals surface area contributed by atoms with Gasteiger partial charge in [-0.2, -0.15) is 0 Å². The summed E-state index contributed by atoms with van der Waals surface area (Å²) in [5.41, 5.74) is 4.35. The first-order valence-corrected chi connectivity index (χ1v) is 6.65. The lowest BCUT2D eigenvalue weighted by Crippen LogP contribution is -2.35. The van der Waals surface area contributed by atoms with Gasteiger partial charge in [0.2, 0.25) is 0 Å². The fourth-order valence-corrected chi connectivity index (χ4v) is 3.33. The first-order chi connectivity index (χ1) is 8.37. The minimum Gasteiger partial charge on any atom is -0.257 e. The molecule has 17 heavy (non-hydrogen) atoms. The van der Waals surface area contributed by atoms with E-state index in [-0.39, 0.29) is 5.41 Å². The molecule has 1 aliphatic carbocycles. The van der Waals surface area contributed by atoms with Crippen molar-refractivity contribution in [1.29, 1.82) is 0 Å². The van der Waals surface area contributed by atoms with Gasteiger partial charge < -0.3 is 0 Å². The van der Waals surface area contributed by atoms with Gasteiger partial charge in [-0.1, -0.05) is 36.8 Å². The van der Waals surface area contributed by atoms with Gasteiger partial charge in [-0.25, -0.2) is 0 Å². The number of aliphatic imine (C=N–C) groups is 1. The molecule has 3 rings (SSSR count). The van der Waals surface area contributed by atoms with Crippen LogP contribution in [-0.4, -0.2) is 5.71 Å². The molecule has 1 nitrogen and oxygen atoms in total. The van der Waals surface area contributed by atoms with Crippen LogP contribution in [0.2, 0.25) is 0 Å². The minimum absolute atomic E-state index is 0.237. The Morgan fingerprint density at radius 1 is 1.29 bits per heavy atom. The molecule has 1 heteroatoms. The number of fused-ring (bicyclic) bond motifs is 3. The average molecular weight is 225 g/mol. The Balaban J connectivity index is 2.10. The van der Waals surface area contributed by atoms with E-state index >= 15 is 0 Å². The van der Waals surface area contributed by atoms with Gasteiger partial charge in [-0.3, -0.25) is 4.99 Å². The molecule has 0 N–H and O–H groups in total. The van der Waals surface area contributed by atoms with Gasteiger partial charge in [-0.15, -0.1) is 0 Å². The summed E-state index contributed by atoms with van der Waals surface area (Å²) >= 11 is 0. The van der Waals surface area contributed by atoms with Crippen LogP contribution < -0.4 is 0 Å². The third-order valence-corrected chi connectivity index (χ3v) is 4.20. The van der Waals surface area contributed by atoms with Crippen LogP contribution in [0.15, 0.2) is 41.4 Å². The van der Waals surface area contributed by atoms with Crippen molar-refractivity contribution in [3.8, 4) is 0 Å². The molecule has 1 saturated carbocycles. The highest BCUT2D eigenvalue weighted by atomic mass is 14.8. The van der Waals surface area contributed by atoms with Crippen molar-refractivity contribution in [2.45, 2.75) is 44.4 Å². The van der Waals surface area contributed by atoms with Crippen LogP contribution in [0.4, 0.5) is 5.69 Å². The van der Waals surface area contributed by atoms with Gasteiger partial charge >= 0.3 is 0 Å². The van der Waals surface area contributed by atoms with Crippen molar-refractivity contribution in [1.82, 2.24) is 0 Å². The molecule has 2 aliphatic rings. The van der Waals surface area contributed by atoms with Crippen LogP contribution in [0.3, 0.4) is 0 Å². The van der Waals surface area contributed by atoms with E-state index in [2.05, 4.69) is 43.3 Å². The van der Waals surface area contributed by atoms with Crippen molar-refractivity contribution in [3.63, 3.8) is 0 Å². The minimum atomic E-state index is 0.237. The number of benzene rings is 1. The largest absolute Gasteiger partial charge is 0.257 e. The average Bonchev–Trinajstić information content (AvgIpc) is 2.71. The number of hydrogen-bond donors (Lipinski definition) is 0. The zero-order valence-electron chi connectivity index (χ0n) is 10.4. The molecule has 1 fully saturated rings. The second-order valence-corrected chi connectivity index (χ2v) is 5.14. The van der Waals surface area contributed by atoms with Crippen molar-refractivity contribution in [3.05, 3.63) is 42.0 Å². The highest BCUT2D eigenvalue weighted by molar-refractivity contribution is 6.02. The third-order valence-electron chi connectivity index (χ3n) is 4.20. The van der Waals surface area contributed by atoms with Gasteiger partial charge in [0.25, 0.3) is 0 Å². The lowest BCUT2D eigenvalue weighted by atomic mass is 9.67. The van der Waals surface area contributed by atoms with Crippen molar-refractivity contribution < 1.29 is 0 Å². The fourth-order valence-electron chi connectivity index (χ4n) is 3.33. The van der Waals surface area contributed by atoms with E-state index in [1.807, 2.05) is 0 Å². The van der Waals surface area contributed by atoms with Crippen LogP contribution in [-0.2, 0) is 5.41 Å². The van der Waals surface area contributed by atoms with Crippen LogP contribution in [0.1, 0.15) is 44.6 Å². The number of hydrogen-bond acceptors (Lipinski definition) is 1. The van der Waals surface area contributed by atoms with E-state index in [4.69, 9.17) is 4.99 Å². The van der Waals surface area contributed by atoms with Gasteiger partial charge in [-0.05, 0) is 44.2 Å². The second kappa shape index (κ2) is 4.14. The molecule has 0 amide bonds. The Bertz CT molecular complexity index is 484. The molecule has 0 saturated heterocycles. The molecule has 0 radical (unpaired) electrons. The molecule has 88 valence electrons. The number of nitrogens with zero attached hydrogens (tertiary/aromatic N) is 1. The number of rotatable bonds is 2. The van der Waals surface area contributed by atoms with E-state index < -0.39 is 0 Å². The molecule has 1 unspecified atom stereocenters. The zero-order valence-corrected chi connectivity index (χ0v) is 10.4. The molecule has 1 atom stereocenters. The van der Waals surface area contributed by atoms with E-state index in [0.717, 1.165) is 6.42 Å².